The summed E-state index contributed by atoms with van der Waals surface area (Å²) in [5.74, 6) is 0.947. The van der Waals surface area contributed by atoms with Crippen molar-refractivity contribution >= 4 is 17.3 Å². The topological polar surface area (TPSA) is 50.8 Å². The van der Waals surface area contributed by atoms with E-state index in [4.69, 9.17) is 9.47 Å². The van der Waals surface area contributed by atoms with E-state index in [-0.39, 0.29) is 17.6 Å². The number of likely N-dealkylation sites (tertiary alicyclic amines) is 1. The molecule has 1 unspecified atom stereocenters. The van der Waals surface area contributed by atoms with E-state index >= 15 is 0 Å². The van der Waals surface area contributed by atoms with Gasteiger partial charge in [0.25, 0.3) is 5.91 Å². The number of para-hydroxylation sites is 3. The molecule has 5 rings (SSSR count). The molecule has 0 radical (unpaired) electrons. The Morgan fingerprint density at radius 3 is 2.31 bits per heavy atom. The number of hydrogen-bond acceptors (Lipinski definition) is 4. The lowest BCUT2D eigenvalue weighted by molar-refractivity contribution is -0.0395. The van der Waals surface area contributed by atoms with Crippen LogP contribution < -0.4 is 10.1 Å². The van der Waals surface area contributed by atoms with Crippen LogP contribution in [0, 0.1) is 0 Å². The summed E-state index contributed by atoms with van der Waals surface area (Å²) in [4.78, 5) is 15.3. The number of hydrogen-bond donors (Lipinski definition) is 1. The highest BCUT2D eigenvalue weighted by Crippen LogP contribution is 2.38. The lowest BCUT2D eigenvalue weighted by Gasteiger charge is -2.38. The van der Waals surface area contributed by atoms with Gasteiger partial charge in [-0.1, -0.05) is 48.5 Å². The number of anilines is 2. The molecule has 2 saturated heterocycles. The fourth-order valence-corrected chi connectivity index (χ4v) is 4.66. The van der Waals surface area contributed by atoms with Crippen molar-refractivity contribution in [2.24, 2.45) is 0 Å². The van der Waals surface area contributed by atoms with Gasteiger partial charge in [0.1, 0.15) is 11.9 Å². The molecule has 2 heterocycles. The van der Waals surface area contributed by atoms with Gasteiger partial charge in [0.05, 0.1) is 23.5 Å². The molecule has 0 aliphatic carbocycles. The van der Waals surface area contributed by atoms with E-state index in [0.29, 0.717) is 25.3 Å². The molecule has 1 N–H and O–H groups in total. The Morgan fingerprint density at radius 2 is 1.56 bits per heavy atom. The van der Waals surface area contributed by atoms with E-state index < -0.39 is 0 Å². The fourth-order valence-electron chi connectivity index (χ4n) is 4.66. The van der Waals surface area contributed by atoms with Gasteiger partial charge in [-0.3, -0.25) is 4.79 Å². The van der Waals surface area contributed by atoms with Gasteiger partial charge < -0.3 is 19.7 Å². The normalized spacial score (nSPS) is 19.6. The van der Waals surface area contributed by atoms with Gasteiger partial charge in [-0.2, -0.15) is 0 Å². The Kier molecular flexibility index (Phi) is 5.82. The van der Waals surface area contributed by atoms with Crippen LogP contribution in [0.1, 0.15) is 29.6 Å². The van der Waals surface area contributed by atoms with Crippen LogP contribution in [0.25, 0.3) is 0 Å². The number of nitrogens with one attached hydrogen (secondary N) is 1. The highest BCUT2D eigenvalue weighted by atomic mass is 16.6. The molecule has 3 aromatic carbocycles. The van der Waals surface area contributed by atoms with Gasteiger partial charge >= 0.3 is 0 Å². The van der Waals surface area contributed by atoms with Gasteiger partial charge in [0, 0.05) is 25.2 Å². The maximum atomic E-state index is 13.3. The third kappa shape index (κ3) is 4.48. The van der Waals surface area contributed by atoms with Gasteiger partial charge in [-0.15, -0.1) is 0 Å². The Bertz CT molecular complexity index is 1050. The van der Waals surface area contributed by atoms with Crippen LogP contribution in [0.4, 0.5) is 11.4 Å². The van der Waals surface area contributed by atoms with Crippen LogP contribution in [-0.2, 0) is 4.74 Å². The van der Waals surface area contributed by atoms with Crippen LogP contribution in [0.15, 0.2) is 84.9 Å². The third-order valence-electron chi connectivity index (χ3n) is 6.39. The second kappa shape index (κ2) is 9.05. The SMILES string of the molecule is O=C(c1ccccc1Nc1ccccc1)N1CCC2(CC1)CC(Oc1ccccc1)CO2. The average molecular weight is 429 g/mol. The number of benzene rings is 3. The van der Waals surface area contributed by atoms with Crippen molar-refractivity contribution in [3.05, 3.63) is 90.5 Å². The average Bonchev–Trinajstić information content (AvgIpc) is 3.22. The summed E-state index contributed by atoms with van der Waals surface area (Å²) >= 11 is 0. The summed E-state index contributed by atoms with van der Waals surface area (Å²) in [7, 11) is 0. The monoisotopic (exact) mass is 428 g/mol. The predicted molar refractivity (Wildman–Crippen MR) is 125 cm³/mol. The van der Waals surface area contributed by atoms with E-state index in [1.54, 1.807) is 0 Å². The number of amides is 1. The van der Waals surface area contributed by atoms with E-state index in [0.717, 1.165) is 36.4 Å². The summed E-state index contributed by atoms with van der Waals surface area (Å²) in [5.41, 5.74) is 2.31. The summed E-state index contributed by atoms with van der Waals surface area (Å²) in [6, 6.07) is 27.6. The van der Waals surface area contributed by atoms with Crippen molar-refractivity contribution in [3.63, 3.8) is 0 Å². The first-order valence-corrected chi connectivity index (χ1v) is 11.3. The van der Waals surface area contributed by atoms with Crippen molar-refractivity contribution in [1.29, 1.82) is 0 Å². The first-order valence-electron chi connectivity index (χ1n) is 11.3. The summed E-state index contributed by atoms with van der Waals surface area (Å²) < 4.78 is 12.3. The fraction of sp³-hybridized carbons (Fsp3) is 0.296. The predicted octanol–water partition coefficient (Wildman–Crippen LogP) is 5.27. The van der Waals surface area contributed by atoms with E-state index in [9.17, 15) is 4.79 Å². The molecule has 1 spiro atoms. The summed E-state index contributed by atoms with van der Waals surface area (Å²) in [6.45, 7) is 1.99. The summed E-state index contributed by atoms with van der Waals surface area (Å²) in [6.07, 6.45) is 2.61. The zero-order valence-electron chi connectivity index (χ0n) is 18.1. The first-order chi connectivity index (χ1) is 15.7. The molecule has 0 aromatic heterocycles. The molecule has 5 nitrogen and oxygen atoms in total. The summed E-state index contributed by atoms with van der Waals surface area (Å²) in [5, 5.41) is 3.38. The maximum absolute atomic E-state index is 13.3. The lowest BCUT2D eigenvalue weighted by atomic mass is 9.87. The van der Waals surface area contributed by atoms with Gasteiger partial charge in [-0.05, 0) is 49.2 Å². The Labute approximate surface area is 189 Å². The van der Waals surface area contributed by atoms with Crippen molar-refractivity contribution in [2.75, 3.05) is 25.0 Å². The van der Waals surface area contributed by atoms with Crippen molar-refractivity contribution in [1.82, 2.24) is 4.90 Å². The van der Waals surface area contributed by atoms with E-state index in [1.165, 1.54) is 0 Å². The van der Waals surface area contributed by atoms with Crippen molar-refractivity contribution in [3.8, 4) is 5.75 Å². The minimum absolute atomic E-state index is 0.0639. The van der Waals surface area contributed by atoms with Gasteiger partial charge in [0.2, 0.25) is 0 Å². The number of rotatable bonds is 5. The Balaban J connectivity index is 1.21. The molecule has 2 aliphatic heterocycles. The van der Waals surface area contributed by atoms with E-state index in [2.05, 4.69) is 5.32 Å². The second-order valence-electron chi connectivity index (χ2n) is 8.58. The minimum atomic E-state index is -0.183. The Morgan fingerprint density at radius 1 is 0.906 bits per heavy atom. The molecule has 1 amide bonds. The molecular formula is C27H28N2O3. The highest BCUT2D eigenvalue weighted by Gasteiger charge is 2.44. The van der Waals surface area contributed by atoms with Crippen LogP contribution in [0.2, 0.25) is 0 Å². The van der Waals surface area contributed by atoms with Gasteiger partial charge in [0.15, 0.2) is 0 Å². The number of carbonyl (C=O) groups excluding carboxylic acids is 1. The van der Waals surface area contributed by atoms with Crippen LogP contribution >= 0.6 is 0 Å². The first kappa shape index (κ1) is 20.6. The molecule has 2 aliphatic rings. The molecular weight excluding hydrogens is 400 g/mol. The minimum Gasteiger partial charge on any atom is -0.488 e. The number of nitrogens with zero attached hydrogens (tertiary/aromatic N) is 1. The molecule has 0 saturated carbocycles. The lowest BCUT2D eigenvalue weighted by Crippen LogP contribution is -2.46. The number of piperidine rings is 1. The molecule has 5 heteroatoms. The Hall–Kier alpha value is -3.31. The molecule has 1 atom stereocenters. The largest absolute Gasteiger partial charge is 0.488 e. The molecule has 164 valence electrons. The number of ether oxygens (including phenoxy) is 2. The van der Waals surface area contributed by atoms with Crippen LogP contribution in [-0.4, -0.2) is 42.2 Å². The highest BCUT2D eigenvalue weighted by molar-refractivity contribution is 6.00. The van der Waals surface area contributed by atoms with Gasteiger partial charge in [-0.25, -0.2) is 0 Å². The van der Waals surface area contributed by atoms with Crippen LogP contribution in [0.5, 0.6) is 5.75 Å². The van der Waals surface area contributed by atoms with Crippen molar-refractivity contribution in [2.45, 2.75) is 31.0 Å². The zero-order valence-corrected chi connectivity index (χ0v) is 18.1. The molecule has 32 heavy (non-hydrogen) atoms. The number of carbonyl (C=O) groups is 1. The zero-order chi connectivity index (χ0) is 21.8. The maximum Gasteiger partial charge on any atom is 0.255 e. The molecule has 3 aromatic rings. The third-order valence-corrected chi connectivity index (χ3v) is 6.39. The second-order valence-corrected chi connectivity index (χ2v) is 8.58. The van der Waals surface area contributed by atoms with E-state index in [1.807, 2.05) is 89.8 Å². The molecule has 2 fully saturated rings. The molecule has 0 bridgehead atoms. The quantitative estimate of drug-likeness (QED) is 0.601. The van der Waals surface area contributed by atoms with Crippen LogP contribution in [0.3, 0.4) is 0 Å². The van der Waals surface area contributed by atoms with Crippen molar-refractivity contribution < 1.29 is 14.3 Å². The smallest absolute Gasteiger partial charge is 0.255 e. The standard InChI is InChI=1S/C27H28N2O3/c30-26(24-13-7-8-14-25(24)28-21-9-3-1-4-10-21)29-17-15-27(16-18-29)19-23(20-31-27)32-22-11-5-2-6-12-22/h1-14,23,28H,15-20H2.